The van der Waals surface area contributed by atoms with E-state index in [-0.39, 0.29) is 5.91 Å². The standard InChI is InChI=1S/C29H24N4O/c1-20-17-23(21(2)33(20)24-13-7-4-8-14-24)19-30-32-29(34)26-18-28(22-11-5-3-6-12-22)31-27-16-10-9-15-25(26)27/h3-19H,1-2H3,(H,32,34)/b30-19-. The minimum Gasteiger partial charge on any atom is -0.318 e. The number of hydrogen-bond donors (Lipinski definition) is 1. The second-order valence-corrected chi connectivity index (χ2v) is 8.13. The summed E-state index contributed by atoms with van der Waals surface area (Å²) >= 11 is 0. The van der Waals surface area contributed by atoms with Gasteiger partial charge < -0.3 is 4.57 Å². The van der Waals surface area contributed by atoms with Gasteiger partial charge in [-0.1, -0.05) is 66.7 Å². The number of aryl methyl sites for hydroxylation is 1. The van der Waals surface area contributed by atoms with Gasteiger partial charge in [-0.15, -0.1) is 0 Å². The van der Waals surface area contributed by atoms with Gasteiger partial charge in [0.2, 0.25) is 0 Å². The van der Waals surface area contributed by atoms with Crippen LogP contribution < -0.4 is 5.43 Å². The van der Waals surface area contributed by atoms with Gasteiger partial charge in [0.25, 0.3) is 5.91 Å². The fourth-order valence-electron chi connectivity index (χ4n) is 4.23. The molecule has 5 heteroatoms. The minimum atomic E-state index is -0.274. The first-order valence-corrected chi connectivity index (χ1v) is 11.1. The largest absolute Gasteiger partial charge is 0.318 e. The van der Waals surface area contributed by atoms with E-state index >= 15 is 0 Å². The monoisotopic (exact) mass is 444 g/mol. The summed E-state index contributed by atoms with van der Waals surface area (Å²) in [5, 5.41) is 5.07. The summed E-state index contributed by atoms with van der Waals surface area (Å²) < 4.78 is 2.17. The van der Waals surface area contributed by atoms with Gasteiger partial charge in [0.1, 0.15) is 0 Å². The Labute approximate surface area is 198 Å². The van der Waals surface area contributed by atoms with Gasteiger partial charge in [0.05, 0.1) is 23.0 Å². The van der Waals surface area contributed by atoms with Crippen molar-refractivity contribution in [3.05, 3.63) is 120 Å². The number of para-hydroxylation sites is 2. The lowest BCUT2D eigenvalue weighted by Gasteiger charge is -2.09. The van der Waals surface area contributed by atoms with Crippen molar-refractivity contribution in [3.8, 4) is 16.9 Å². The number of nitrogens with zero attached hydrogens (tertiary/aromatic N) is 3. The molecule has 0 aliphatic carbocycles. The van der Waals surface area contributed by atoms with Gasteiger partial charge in [-0.05, 0) is 44.2 Å². The SMILES string of the molecule is Cc1cc(/C=N\NC(=O)c2cc(-c3ccccc3)nc3ccccc23)c(C)n1-c1ccccc1. The Kier molecular flexibility index (Phi) is 5.75. The minimum absolute atomic E-state index is 0.274. The molecule has 0 radical (unpaired) electrons. The second-order valence-electron chi connectivity index (χ2n) is 8.13. The number of carbonyl (C=O) groups is 1. The summed E-state index contributed by atoms with van der Waals surface area (Å²) in [6, 6.07) is 31.6. The molecular weight excluding hydrogens is 420 g/mol. The van der Waals surface area contributed by atoms with Crippen LogP contribution in [0.5, 0.6) is 0 Å². The predicted octanol–water partition coefficient (Wildman–Crippen LogP) is 6.07. The van der Waals surface area contributed by atoms with Crippen LogP contribution in [0.15, 0.2) is 102 Å². The van der Waals surface area contributed by atoms with Crippen LogP contribution in [0.25, 0.3) is 27.8 Å². The van der Waals surface area contributed by atoms with Gasteiger partial charge >= 0.3 is 0 Å². The zero-order valence-corrected chi connectivity index (χ0v) is 19.1. The van der Waals surface area contributed by atoms with Crippen molar-refractivity contribution in [1.82, 2.24) is 15.0 Å². The third-order valence-corrected chi connectivity index (χ3v) is 5.88. The molecule has 166 valence electrons. The van der Waals surface area contributed by atoms with Crippen molar-refractivity contribution in [2.75, 3.05) is 0 Å². The number of carbonyl (C=O) groups excluding carboxylic acids is 1. The summed E-state index contributed by atoms with van der Waals surface area (Å²) in [6.07, 6.45) is 1.70. The highest BCUT2D eigenvalue weighted by Gasteiger charge is 2.14. The van der Waals surface area contributed by atoms with Gasteiger partial charge in [0, 0.05) is 33.6 Å². The molecule has 1 amide bonds. The van der Waals surface area contributed by atoms with Crippen molar-refractivity contribution in [1.29, 1.82) is 0 Å². The lowest BCUT2D eigenvalue weighted by atomic mass is 10.0. The molecule has 3 aromatic carbocycles. The van der Waals surface area contributed by atoms with E-state index in [0.717, 1.165) is 44.8 Å². The summed E-state index contributed by atoms with van der Waals surface area (Å²) in [4.78, 5) is 17.9. The maximum atomic E-state index is 13.2. The molecular formula is C29H24N4O. The number of hydrogen-bond acceptors (Lipinski definition) is 3. The smallest absolute Gasteiger partial charge is 0.272 e. The van der Waals surface area contributed by atoms with Crippen molar-refractivity contribution in [2.45, 2.75) is 13.8 Å². The van der Waals surface area contributed by atoms with Crippen LogP contribution in [0.1, 0.15) is 27.3 Å². The van der Waals surface area contributed by atoms with E-state index in [9.17, 15) is 4.79 Å². The molecule has 5 aromatic rings. The van der Waals surface area contributed by atoms with E-state index in [2.05, 4.69) is 40.2 Å². The summed E-state index contributed by atoms with van der Waals surface area (Å²) in [7, 11) is 0. The molecule has 2 heterocycles. The fourth-order valence-corrected chi connectivity index (χ4v) is 4.23. The Bertz CT molecular complexity index is 1500. The van der Waals surface area contributed by atoms with Crippen LogP contribution in [-0.4, -0.2) is 21.7 Å². The van der Waals surface area contributed by atoms with Crippen molar-refractivity contribution < 1.29 is 4.79 Å². The highest BCUT2D eigenvalue weighted by molar-refractivity contribution is 6.07. The number of hydrazone groups is 1. The molecule has 0 spiro atoms. The normalized spacial score (nSPS) is 11.2. The van der Waals surface area contributed by atoms with Crippen LogP contribution in [0.2, 0.25) is 0 Å². The number of fused-ring (bicyclic) bond motifs is 1. The molecule has 0 aliphatic rings. The Morgan fingerprint density at radius 2 is 1.56 bits per heavy atom. The van der Waals surface area contributed by atoms with E-state index in [4.69, 9.17) is 4.98 Å². The van der Waals surface area contributed by atoms with E-state index in [1.807, 2.05) is 85.8 Å². The van der Waals surface area contributed by atoms with E-state index in [1.54, 1.807) is 6.21 Å². The number of pyridine rings is 1. The molecule has 0 atom stereocenters. The maximum Gasteiger partial charge on any atom is 0.272 e. The third-order valence-electron chi connectivity index (χ3n) is 5.88. The molecule has 0 unspecified atom stereocenters. The van der Waals surface area contributed by atoms with Crippen molar-refractivity contribution in [2.24, 2.45) is 5.10 Å². The molecule has 5 rings (SSSR count). The molecule has 0 saturated carbocycles. The van der Waals surface area contributed by atoms with Crippen LogP contribution in [-0.2, 0) is 0 Å². The number of benzene rings is 3. The molecule has 0 fully saturated rings. The van der Waals surface area contributed by atoms with Gasteiger partial charge in [-0.25, -0.2) is 10.4 Å². The highest BCUT2D eigenvalue weighted by atomic mass is 16.2. The van der Waals surface area contributed by atoms with E-state index in [0.29, 0.717) is 5.56 Å². The average Bonchev–Trinajstić information content (AvgIpc) is 3.16. The van der Waals surface area contributed by atoms with Gasteiger partial charge in [-0.2, -0.15) is 5.10 Å². The topological polar surface area (TPSA) is 59.3 Å². The Morgan fingerprint density at radius 1 is 0.882 bits per heavy atom. The van der Waals surface area contributed by atoms with Gasteiger partial charge in [0.15, 0.2) is 0 Å². The predicted molar refractivity (Wildman–Crippen MR) is 137 cm³/mol. The first kappa shape index (κ1) is 21.3. The number of aromatic nitrogens is 2. The van der Waals surface area contributed by atoms with Crippen LogP contribution in [0.4, 0.5) is 0 Å². The Balaban J connectivity index is 1.44. The lowest BCUT2D eigenvalue weighted by molar-refractivity contribution is 0.0956. The van der Waals surface area contributed by atoms with Crippen LogP contribution >= 0.6 is 0 Å². The third kappa shape index (κ3) is 4.11. The summed E-state index contributed by atoms with van der Waals surface area (Å²) in [5.74, 6) is -0.274. The zero-order valence-electron chi connectivity index (χ0n) is 19.1. The molecule has 0 aliphatic heterocycles. The van der Waals surface area contributed by atoms with E-state index in [1.165, 1.54) is 0 Å². The molecule has 0 saturated heterocycles. The number of nitrogens with one attached hydrogen (secondary N) is 1. The van der Waals surface area contributed by atoms with E-state index < -0.39 is 0 Å². The highest BCUT2D eigenvalue weighted by Crippen LogP contribution is 2.25. The van der Waals surface area contributed by atoms with Crippen molar-refractivity contribution >= 4 is 23.0 Å². The number of amides is 1. The first-order valence-electron chi connectivity index (χ1n) is 11.1. The molecule has 5 nitrogen and oxygen atoms in total. The first-order chi connectivity index (χ1) is 16.6. The summed E-state index contributed by atoms with van der Waals surface area (Å²) in [6.45, 7) is 4.11. The summed E-state index contributed by atoms with van der Waals surface area (Å²) in [5.41, 5.74) is 9.93. The van der Waals surface area contributed by atoms with Crippen LogP contribution in [0, 0.1) is 13.8 Å². The quantitative estimate of drug-likeness (QED) is 0.264. The second kappa shape index (κ2) is 9.16. The Morgan fingerprint density at radius 3 is 2.32 bits per heavy atom. The lowest BCUT2D eigenvalue weighted by Crippen LogP contribution is -2.18. The fraction of sp³-hybridized carbons (Fsp3) is 0.0690. The number of rotatable bonds is 5. The zero-order chi connectivity index (χ0) is 23.5. The molecule has 1 N–H and O–H groups in total. The van der Waals surface area contributed by atoms with Crippen molar-refractivity contribution in [3.63, 3.8) is 0 Å². The van der Waals surface area contributed by atoms with Crippen LogP contribution in [0.3, 0.4) is 0 Å². The van der Waals surface area contributed by atoms with Gasteiger partial charge in [-0.3, -0.25) is 4.79 Å². The maximum absolute atomic E-state index is 13.2. The Hall–Kier alpha value is -4.51. The molecule has 0 bridgehead atoms. The molecule has 34 heavy (non-hydrogen) atoms. The average molecular weight is 445 g/mol. The molecule has 2 aromatic heterocycles.